The minimum Gasteiger partial charge on any atom is -0.485 e. The molecule has 0 aliphatic carbocycles. The Bertz CT molecular complexity index is 338. The fraction of sp³-hybridized carbons (Fsp3) is 0.364. The molecule has 1 amide bonds. The van der Waals surface area contributed by atoms with Crippen LogP contribution in [0.5, 0.6) is 11.5 Å². The Morgan fingerprint density at radius 3 is 2.53 bits per heavy atom. The molecule has 2 rings (SSSR count). The normalized spacial score (nSPS) is 17.3. The number of carbonyl (C=O) groups excluding carboxylic acids is 1. The number of carbonyl (C=O) groups is 1. The molecule has 0 spiro atoms. The Morgan fingerprint density at radius 2 is 1.93 bits per heavy atom. The molecule has 1 aliphatic heterocycles. The molecule has 4 nitrogen and oxygen atoms in total. The number of hydrogen-bond donors (Lipinski definition) is 1. The number of ether oxygens (including phenoxy) is 2. The third kappa shape index (κ3) is 2.62. The van der Waals surface area contributed by atoms with E-state index in [4.69, 9.17) is 15.2 Å². The van der Waals surface area contributed by atoms with Crippen LogP contribution in [-0.4, -0.2) is 18.6 Å². The van der Waals surface area contributed by atoms with Gasteiger partial charge < -0.3 is 15.2 Å². The molecule has 15 heavy (non-hydrogen) atoms. The minimum absolute atomic E-state index is 0.187. The maximum Gasteiger partial charge on any atom is 0.262 e. The van der Waals surface area contributed by atoms with Gasteiger partial charge in [0.25, 0.3) is 5.91 Å². The van der Waals surface area contributed by atoms with E-state index in [2.05, 4.69) is 0 Å². The number of rotatable bonds is 1. The zero-order chi connectivity index (χ0) is 11.3. The summed E-state index contributed by atoms with van der Waals surface area (Å²) in [5.74, 6) is 0.715. The van der Waals surface area contributed by atoms with E-state index in [-0.39, 0.29) is 6.61 Å². The monoisotopic (exact) mass is 209 g/mol. The van der Waals surface area contributed by atoms with Crippen LogP contribution in [0, 0.1) is 0 Å². The first-order valence-electron chi connectivity index (χ1n) is 4.95. The van der Waals surface area contributed by atoms with Gasteiger partial charge in [-0.25, -0.2) is 0 Å². The summed E-state index contributed by atoms with van der Waals surface area (Å²) in [6.07, 6.45) is -0.671. The zero-order valence-corrected chi connectivity index (χ0v) is 8.90. The molecule has 1 aromatic carbocycles. The average molecular weight is 209 g/mol. The predicted molar refractivity (Wildman–Crippen MR) is 56.9 cm³/mol. The number of fused-ring (bicyclic) bond motifs is 1. The summed E-state index contributed by atoms with van der Waals surface area (Å²) in [5.41, 5.74) is 5.08. The largest absolute Gasteiger partial charge is 0.485 e. The molecule has 0 aromatic heterocycles. The third-order valence-corrected chi connectivity index (χ3v) is 1.83. The molecule has 0 bridgehead atoms. The molecule has 1 aliphatic rings. The van der Waals surface area contributed by atoms with Gasteiger partial charge in [0.15, 0.2) is 11.5 Å². The quantitative estimate of drug-likeness (QED) is 0.759. The van der Waals surface area contributed by atoms with Crippen molar-refractivity contribution in [3.8, 4) is 11.5 Å². The van der Waals surface area contributed by atoms with Gasteiger partial charge in [-0.15, -0.1) is 0 Å². The number of benzene rings is 1. The van der Waals surface area contributed by atoms with Gasteiger partial charge in [0.1, 0.15) is 6.61 Å². The average Bonchev–Trinajstić information content (AvgIpc) is 2.31. The van der Waals surface area contributed by atoms with Gasteiger partial charge in [-0.2, -0.15) is 0 Å². The molecule has 4 heteroatoms. The van der Waals surface area contributed by atoms with Crippen LogP contribution in [0.15, 0.2) is 24.3 Å². The van der Waals surface area contributed by atoms with Crippen LogP contribution in [0.2, 0.25) is 0 Å². The van der Waals surface area contributed by atoms with Gasteiger partial charge >= 0.3 is 0 Å². The van der Waals surface area contributed by atoms with E-state index >= 15 is 0 Å². The van der Waals surface area contributed by atoms with Gasteiger partial charge in [-0.05, 0) is 12.1 Å². The molecule has 0 radical (unpaired) electrons. The number of para-hydroxylation sites is 2. The van der Waals surface area contributed by atoms with Crippen molar-refractivity contribution in [2.45, 2.75) is 20.0 Å². The lowest BCUT2D eigenvalue weighted by Gasteiger charge is -2.23. The summed E-state index contributed by atoms with van der Waals surface area (Å²) < 4.78 is 10.6. The lowest BCUT2D eigenvalue weighted by molar-refractivity contribution is -0.127. The Labute approximate surface area is 89.0 Å². The molecule has 0 saturated carbocycles. The lowest BCUT2D eigenvalue weighted by atomic mass is 10.2. The van der Waals surface area contributed by atoms with Crippen LogP contribution in [0.25, 0.3) is 0 Å². The van der Waals surface area contributed by atoms with Gasteiger partial charge in [0.05, 0.1) is 0 Å². The SMILES string of the molecule is CC.NC(=O)C1COc2ccccc2O1. The first-order chi connectivity index (χ1) is 7.27. The highest BCUT2D eigenvalue weighted by molar-refractivity contribution is 5.79. The molecule has 1 atom stereocenters. The Hall–Kier alpha value is -1.71. The summed E-state index contributed by atoms with van der Waals surface area (Å²) in [6, 6.07) is 7.18. The molecule has 1 unspecified atom stereocenters. The highest BCUT2D eigenvalue weighted by atomic mass is 16.6. The van der Waals surface area contributed by atoms with E-state index in [1.54, 1.807) is 12.1 Å². The number of nitrogens with two attached hydrogens (primary N) is 1. The first kappa shape index (κ1) is 11.4. The molecule has 0 fully saturated rings. The van der Waals surface area contributed by atoms with E-state index in [1.807, 2.05) is 26.0 Å². The Kier molecular flexibility index (Phi) is 3.97. The standard InChI is InChI=1S/C9H9NO3.C2H6/c10-9(11)8-5-12-6-3-1-2-4-7(6)13-8;1-2/h1-4,8H,5H2,(H2,10,11);1-2H3. The van der Waals surface area contributed by atoms with Gasteiger partial charge in [-0.1, -0.05) is 26.0 Å². The summed E-state index contributed by atoms with van der Waals surface area (Å²) in [7, 11) is 0. The number of amides is 1. The maximum atomic E-state index is 10.8. The summed E-state index contributed by atoms with van der Waals surface area (Å²) in [5, 5.41) is 0. The molecular formula is C11H15NO3. The van der Waals surface area contributed by atoms with Gasteiger partial charge in [0.2, 0.25) is 6.10 Å². The van der Waals surface area contributed by atoms with Crippen molar-refractivity contribution in [2.24, 2.45) is 5.73 Å². The van der Waals surface area contributed by atoms with Crippen LogP contribution in [0.3, 0.4) is 0 Å². The topological polar surface area (TPSA) is 61.6 Å². The molecule has 0 saturated heterocycles. The fourth-order valence-corrected chi connectivity index (χ4v) is 1.16. The fourth-order valence-electron chi connectivity index (χ4n) is 1.16. The van der Waals surface area contributed by atoms with Crippen LogP contribution < -0.4 is 15.2 Å². The summed E-state index contributed by atoms with van der Waals surface area (Å²) in [6.45, 7) is 4.19. The molecule has 82 valence electrons. The van der Waals surface area contributed by atoms with Crippen molar-refractivity contribution in [2.75, 3.05) is 6.61 Å². The zero-order valence-electron chi connectivity index (χ0n) is 8.90. The van der Waals surface area contributed by atoms with E-state index in [9.17, 15) is 4.79 Å². The lowest BCUT2D eigenvalue weighted by Crippen LogP contribution is -2.40. The van der Waals surface area contributed by atoms with E-state index in [0.29, 0.717) is 11.5 Å². The van der Waals surface area contributed by atoms with Crippen molar-refractivity contribution in [1.29, 1.82) is 0 Å². The Balaban J connectivity index is 0.000000531. The second kappa shape index (κ2) is 5.24. The Morgan fingerprint density at radius 1 is 1.33 bits per heavy atom. The number of primary amides is 1. The molecular weight excluding hydrogens is 194 g/mol. The minimum atomic E-state index is -0.671. The summed E-state index contributed by atoms with van der Waals surface area (Å²) >= 11 is 0. The van der Waals surface area contributed by atoms with Crippen LogP contribution in [-0.2, 0) is 4.79 Å². The molecule has 1 heterocycles. The molecule has 2 N–H and O–H groups in total. The van der Waals surface area contributed by atoms with Crippen molar-refractivity contribution in [3.05, 3.63) is 24.3 Å². The van der Waals surface area contributed by atoms with Crippen LogP contribution in [0.1, 0.15) is 13.8 Å². The first-order valence-corrected chi connectivity index (χ1v) is 4.95. The van der Waals surface area contributed by atoms with E-state index in [0.717, 1.165) is 0 Å². The third-order valence-electron chi connectivity index (χ3n) is 1.83. The van der Waals surface area contributed by atoms with E-state index < -0.39 is 12.0 Å². The van der Waals surface area contributed by atoms with E-state index in [1.165, 1.54) is 0 Å². The van der Waals surface area contributed by atoms with Crippen molar-refractivity contribution < 1.29 is 14.3 Å². The van der Waals surface area contributed by atoms with Gasteiger partial charge in [-0.3, -0.25) is 4.79 Å². The summed E-state index contributed by atoms with van der Waals surface area (Å²) in [4.78, 5) is 10.8. The smallest absolute Gasteiger partial charge is 0.262 e. The highest BCUT2D eigenvalue weighted by Crippen LogP contribution is 2.30. The predicted octanol–water partition coefficient (Wildman–Crippen LogP) is 1.34. The second-order valence-electron chi connectivity index (χ2n) is 2.77. The second-order valence-corrected chi connectivity index (χ2v) is 2.77. The van der Waals surface area contributed by atoms with Crippen molar-refractivity contribution in [3.63, 3.8) is 0 Å². The van der Waals surface area contributed by atoms with Crippen LogP contribution in [0.4, 0.5) is 0 Å². The highest BCUT2D eigenvalue weighted by Gasteiger charge is 2.24. The van der Waals surface area contributed by atoms with Crippen molar-refractivity contribution >= 4 is 5.91 Å². The van der Waals surface area contributed by atoms with Crippen molar-refractivity contribution in [1.82, 2.24) is 0 Å². The molecule has 1 aromatic rings. The van der Waals surface area contributed by atoms with Gasteiger partial charge in [0, 0.05) is 0 Å². The maximum absolute atomic E-state index is 10.8. The van der Waals surface area contributed by atoms with Crippen LogP contribution >= 0.6 is 0 Å². The number of hydrogen-bond acceptors (Lipinski definition) is 3.